The van der Waals surface area contributed by atoms with Crippen LogP contribution in [0.15, 0.2) is 24.3 Å². The van der Waals surface area contributed by atoms with Crippen molar-refractivity contribution >= 4 is 0 Å². The van der Waals surface area contributed by atoms with Gasteiger partial charge < -0.3 is 4.90 Å². The molecule has 0 saturated carbocycles. The molecule has 90 valence electrons. The van der Waals surface area contributed by atoms with Gasteiger partial charge in [0.1, 0.15) is 0 Å². The van der Waals surface area contributed by atoms with E-state index in [9.17, 15) is 0 Å². The van der Waals surface area contributed by atoms with Crippen molar-refractivity contribution in [1.29, 1.82) is 0 Å². The monoisotopic (exact) mass is 219 g/mol. The minimum absolute atomic E-state index is 1.06. The Bertz CT molecular complexity index is 291. The van der Waals surface area contributed by atoms with Crippen LogP contribution in [0.25, 0.3) is 0 Å². The predicted octanol–water partition coefficient (Wildman–Crippen LogP) is 3.87. The Kier molecular flexibility index (Phi) is 6.17. The standard InChI is InChI=1S/C15H25N/c1-4-5-6-7-10-14-11-8-9-12-15(14)13-16(2)3/h8-9,11-12H,4-7,10,13H2,1-3H3. The lowest BCUT2D eigenvalue weighted by molar-refractivity contribution is 0.400. The fourth-order valence-electron chi connectivity index (χ4n) is 2.04. The van der Waals surface area contributed by atoms with Crippen LogP contribution in [0.4, 0.5) is 0 Å². The van der Waals surface area contributed by atoms with Gasteiger partial charge in [0.15, 0.2) is 0 Å². The Morgan fingerprint density at radius 1 is 0.938 bits per heavy atom. The van der Waals surface area contributed by atoms with Gasteiger partial charge in [-0.25, -0.2) is 0 Å². The van der Waals surface area contributed by atoms with E-state index in [1.54, 1.807) is 0 Å². The molecule has 0 unspecified atom stereocenters. The number of hydrogen-bond acceptors (Lipinski definition) is 1. The fraction of sp³-hybridized carbons (Fsp3) is 0.600. The zero-order valence-corrected chi connectivity index (χ0v) is 11.0. The molecule has 0 bridgehead atoms. The zero-order chi connectivity index (χ0) is 11.8. The molecule has 0 saturated heterocycles. The number of hydrogen-bond donors (Lipinski definition) is 0. The van der Waals surface area contributed by atoms with E-state index < -0.39 is 0 Å². The van der Waals surface area contributed by atoms with Crippen molar-refractivity contribution in [3.63, 3.8) is 0 Å². The lowest BCUT2D eigenvalue weighted by atomic mass is 10.0. The molecule has 1 nitrogen and oxygen atoms in total. The van der Waals surface area contributed by atoms with Crippen LogP contribution in [0.2, 0.25) is 0 Å². The summed E-state index contributed by atoms with van der Waals surface area (Å²) in [4.78, 5) is 2.24. The first-order valence-corrected chi connectivity index (χ1v) is 6.45. The van der Waals surface area contributed by atoms with Crippen molar-refractivity contribution in [3.8, 4) is 0 Å². The maximum atomic E-state index is 2.28. The molecule has 0 amide bonds. The second-order valence-corrected chi connectivity index (χ2v) is 4.82. The van der Waals surface area contributed by atoms with Gasteiger partial charge in [0.2, 0.25) is 0 Å². The molecule has 0 aromatic heterocycles. The van der Waals surface area contributed by atoms with Gasteiger partial charge in [-0.2, -0.15) is 0 Å². The molecule has 1 heteroatoms. The van der Waals surface area contributed by atoms with Crippen molar-refractivity contribution in [2.75, 3.05) is 14.1 Å². The average Bonchev–Trinajstić information content (AvgIpc) is 2.26. The molecule has 0 atom stereocenters. The molecule has 0 aliphatic carbocycles. The molecule has 0 aliphatic heterocycles. The van der Waals surface area contributed by atoms with Crippen LogP contribution in [-0.4, -0.2) is 19.0 Å². The van der Waals surface area contributed by atoms with Gasteiger partial charge in [0, 0.05) is 6.54 Å². The summed E-state index contributed by atoms with van der Waals surface area (Å²) >= 11 is 0. The summed E-state index contributed by atoms with van der Waals surface area (Å²) in [6.45, 7) is 3.32. The van der Waals surface area contributed by atoms with E-state index in [1.807, 2.05) is 0 Å². The lowest BCUT2D eigenvalue weighted by Crippen LogP contribution is -2.12. The van der Waals surface area contributed by atoms with E-state index in [0.29, 0.717) is 0 Å². The first-order chi connectivity index (χ1) is 7.74. The third-order valence-corrected chi connectivity index (χ3v) is 2.90. The lowest BCUT2D eigenvalue weighted by Gasteiger charge is -2.14. The molecule has 0 spiro atoms. The molecule has 1 aromatic rings. The molecular weight excluding hydrogens is 194 g/mol. The summed E-state index contributed by atoms with van der Waals surface area (Å²) in [6, 6.07) is 8.85. The summed E-state index contributed by atoms with van der Waals surface area (Å²) in [5.41, 5.74) is 3.02. The van der Waals surface area contributed by atoms with Crippen molar-refractivity contribution < 1.29 is 0 Å². The molecule has 0 N–H and O–H groups in total. The second kappa shape index (κ2) is 7.45. The second-order valence-electron chi connectivity index (χ2n) is 4.82. The minimum atomic E-state index is 1.06. The summed E-state index contributed by atoms with van der Waals surface area (Å²) < 4.78 is 0. The molecule has 16 heavy (non-hydrogen) atoms. The summed E-state index contributed by atoms with van der Waals surface area (Å²) in [6.07, 6.45) is 6.63. The minimum Gasteiger partial charge on any atom is -0.305 e. The highest BCUT2D eigenvalue weighted by Crippen LogP contribution is 2.14. The van der Waals surface area contributed by atoms with Crippen LogP contribution in [0.3, 0.4) is 0 Å². The van der Waals surface area contributed by atoms with Gasteiger partial charge in [0.25, 0.3) is 0 Å². The Labute approximate surface area is 100 Å². The highest BCUT2D eigenvalue weighted by Gasteiger charge is 2.02. The van der Waals surface area contributed by atoms with Gasteiger partial charge in [-0.1, -0.05) is 50.5 Å². The van der Waals surface area contributed by atoms with Gasteiger partial charge in [0.05, 0.1) is 0 Å². The van der Waals surface area contributed by atoms with Gasteiger partial charge in [-0.3, -0.25) is 0 Å². The Morgan fingerprint density at radius 3 is 2.25 bits per heavy atom. The number of nitrogens with zero attached hydrogens (tertiary/aromatic N) is 1. The first kappa shape index (κ1) is 13.2. The van der Waals surface area contributed by atoms with E-state index >= 15 is 0 Å². The Balaban J connectivity index is 2.50. The van der Waals surface area contributed by atoms with Gasteiger partial charge in [-0.15, -0.1) is 0 Å². The molecule has 0 aliphatic rings. The topological polar surface area (TPSA) is 3.24 Å². The van der Waals surface area contributed by atoms with Crippen molar-refractivity contribution in [2.45, 2.75) is 45.6 Å². The van der Waals surface area contributed by atoms with Crippen molar-refractivity contribution in [1.82, 2.24) is 4.90 Å². The summed E-state index contributed by atoms with van der Waals surface area (Å²) in [7, 11) is 4.27. The normalized spacial score (nSPS) is 11.0. The number of aryl methyl sites for hydroxylation is 1. The van der Waals surface area contributed by atoms with Crippen LogP contribution in [-0.2, 0) is 13.0 Å². The average molecular weight is 219 g/mol. The molecule has 0 radical (unpaired) electrons. The van der Waals surface area contributed by atoms with Crippen LogP contribution < -0.4 is 0 Å². The van der Waals surface area contributed by atoms with Crippen LogP contribution in [0, 0.1) is 0 Å². The van der Waals surface area contributed by atoms with Crippen LogP contribution >= 0.6 is 0 Å². The highest BCUT2D eigenvalue weighted by molar-refractivity contribution is 5.27. The quantitative estimate of drug-likeness (QED) is 0.629. The third kappa shape index (κ3) is 4.80. The van der Waals surface area contributed by atoms with E-state index in [2.05, 4.69) is 50.2 Å². The number of rotatable bonds is 7. The van der Waals surface area contributed by atoms with E-state index in [1.165, 1.54) is 43.2 Å². The van der Waals surface area contributed by atoms with Crippen molar-refractivity contribution in [3.05, 3.63) is 35.4 Å². The van der Waals surface area contributed by atoms with Crippen LogP contribution in [0.1, 0.15) is 43.7 Å². The molecule has 0 fully saturated rings. The predicted molar refractivity (Wildman–Crippen MR) is 71.7 cm³/mol. The smallest absolute Gasteiger partial charge is 0.0230 e. The zero-order valence-electron chi connectivity index (χ0n) is 11.0. The van der Waals surface area contributed by atoms with Crippen LogP contribution in [0.5, 0.6) is 0 Å². The first-order valence-electron chi connectivity index (χ1n) is 6.45. The van der Waals surface area contributed by atoms with Crippen molar-refractivity contribution in [2.24, 2.45) is 0 Å². The molecule has 1 aromatic carbocycles. The van der Waals surface area contributed by atoms with E-state index in [4.69, 9.17) is 0 Å². The Hall–Kier alpha value is -0.820. The maximum absolute atomic E-state index is 2.28. The SMILES string of the molecule is CCCCCCc1ccccc1CN(C)C. The maximum Gasteiger partial charge on any atom is 0.0230 e. The molecular formula is C15H25N. The number of benzene rings is 1. The van der Waals surface area contributed by atoms with Gasteiger partial charge in [-0.05, 0) is 38.1 Å². The summed E-state index contributed by atoms with van der Waals surface area (Å²) in [5.74, 6) is 0. The van der Waals surface area contributed by atoms with Gasteiger partial charge >= 0.3 is 0 Å². The molecule has 1 rings (SSSR count). The Morgan fingerprint density at radius 2 is 1.62 bits per heavy atom. The largest absolute Gasteiger partial charge is 0.305 e. The van der Waals surface area contributed by atoms with E-state index in [-0.39, 0.29) is 0 Å². The highest BCUT2D eigenvalue weighted by atomic mass is 15.0. The molecule has 0 heterocycles. The van der Waals surface area contributed by atoms with E-state index in [0.717, 1.165) is 6.54 Å². The third-order valence-electron chi connectivity index (χ3n) is 2.90. The number of unbranched alkanes of at least 4 members (excludes halogenated alkanes) is 3. The fourth-order valence-corrected chi connectivity index (χ4v) is 2.04. The summed E-state index contributed by atoms with van der Waals surface area (Å²) in [5, 5.41) is 0.